The van der Waals surface area contributed by atoms with E-state index in [0.717, 1.165) is 5.56 Å². The molecule has 1 aliphatic heterocycles. The number of phenolic OH excluding ortho intramolecular Hbond substituents is 1. The summed E-state index contributed by atoms with van der Waals surface area (Å²) in [7, 11) is 1.46. The Labute approximate surface area is 149 Å². The number of carbonyl (C=O) groups excluding carboxylic acids is 2. The first-order valence-electron chi connectivity index (χ1n) is 7.61. The molecule has 7 nitrogen and oxygen atoms in total. The second-order valence-corrected chi connectivity index (χ2v) is 6.53. The summed E-state index contributed by atoms with van der Waals surface area (Å²) in [4.78, 5) is 28.7. The molecule has 2 heterocycles. The van der Waals surface area contributed by atoms with E-state index in [4.69, 9.17) is 4.74 Å². The number of amides is 2. The topological polar surface area (TPSA) is 91.8 Å². The number of ether oxygens (including phenoxy) is 1. The van der Waals surface area contributed by atoms with Crippen molar-refractivity contribution in [2.24, 2.45) is 0 Å². The molecule has 3 rings (SSSR count). The van der Waals surface area contributed by atoms with E-state index in [0.29, 0.717) is 23.5 Å². The van der Waals surface area contributed by atoms with Crippen LogP contribution in [0.4, 0.5) is 0 Å². The summed E-state index contributed by atoms with van der Waals surface area (Å²) in [6.07, 6.45) is 3.38. The van der Waals surface area contributed by atoms with Gasteiger partial charge in [0.15, 0.2) is 11.5 Å². The summed E-state index contributed by atoms with van der Waals surface area (Å²) in [5.74, 6) is 0.434. The number of pyridine rings is 1. The molecule has 0 spiro atoms. The van der Waals surface area contributed by atoms with Crippen molar-refractivity contribution in [3.8, 4) is 11.5 Å². The van der Waals surface area contributed by atoms with Gasteiger partial charge in [-0.05, 0) is 29.8 Å². The third-order valence-corrected chi connectivity index (χ3v) is 4.99. The van der Waals surface area contributed by atoms with Crippen LogP contribution in [0.15, 0.2) is 42.7 Å². The van der Waals surface area contributed by atoms with E-state index in [1.807, 2.05) is 0 Å². The molecule has 1 fully saturated rings. The molecule has 1 aliphatic rings. The number of phenols is 1. The summed E-state index contributed by atoms with van der Waals surface area (Å²) < 4.78 is 5.13. The third kappa shape index (κ3) is 3.69. The predicted octanol–water partition coefficient (Wildman–Crippen LogP) is 2.10. The smallest absolute Gasteiger partial charge is 0.270 e. The van der Waals surface area contributed by atoms with E-state index in [-0.39, 0.29) is 17.6 Å². The second-order valence-electron chi connectivity index (χ2n) is 5.34. The monoisotopic (exact) mass is 359 g/mol. The number of aromatic nitrogens is 1. The van der Waals surface area contributed by atoms with Crippen LogP contribution >= 0.6 is 11.8 Å². The summed E-state index contributed by atoms with van der Waals surface area (Å²) in [6, 6.07) is 8.04. The average Bonchev–Trinajstić information content (AvgIpc) is 2.64. The highest BCUT2D eigenvalue weighted by Crippen LogP contribution is 2.39. The minimum Gasteiger partial charge on any atom is -0.504 e. The number of nitrogens with zero attached hydrogens (tertiary/aromatic N) is 2. The van der Waals surface area contributed by atoms with Gasteiger partial charge in [0.05, 0.1) is 7.11 Å². The Kier molecular flexibility index (Phi) is 5.08. The van der Waals surface area contributed by atoms with Crippen molar-refractivity contribution in [3.05, 3.63) is 53.9 Å². The van der Waals surface area contributed by atoms with Crippen LogP contribution in [0, 0.1) is 0 Å². The maximum Gasteiger partial charge on any atom is 0.270 e. The number of benzene rings is 1. The minimum absolute atomic E-state index is 0.0192. The van der Waals surface area contributed by atoms with E-state index < -0.39 is 5.37 Å². The van der Waals surface area contributed by atoms with Gasteiger partial charge < -0.3 is 9.84 Å². The summed E-state index contributed by atoms with van der Waals surface area (Å²) >= 11 is 1.53. The highest BCUT2D eigenvalue weighted by atomic mass is 32.2. The standard InChI is InChI=1S/C17H17N3O4S/c1-24-14-10-12(2-3-13(14)21)17-20(15(22)6-9-25-17)19-16(23)11-4-7-18-8-5-11/h2-5,7-8,10,17,21H,6,9H2,1H3,(H,19,23). The molecular weight excluding hydrogens is 342 g/mol. The van der Waals surface area contributed by atoms with Crippen LogP contribution < -0.4 is 10.2 Å². The molecular formula is C17H17N3O4S. The van der Waals surface area contributed by atoms with E-state index in [1.54, 1.807) is 24.3 Å². The molecule has 1 atom stereocenters. The van der Waals surface area contributed by atoms with Crippen molar-refractivity contribution in [2.75, 3.05) is 12.9 Å². The Morgan fingerprint density at radius 3 is 2.84 bits per heavy atom. The van der Waals surface area contributed by atoms with Crippen LogP contribution in [0.1, 0.15) is 27.7 Å². The second kappa shape index (κ2) is 7.43. The molecule has 1 saturated heterocycles. The van der Waals surface area contributed by atoms with E-state index in [9.17, 15) is 14.7 Å². The maximum absolute atomic E-state index is 12.4. The molecule has 25 heavy (non-hydrogen) atoms. The molecule has 2 N–H and O–H groups in total. The van der Waals surface area contributed by atoms with Gasteiger partial charge in [0.1, 0.15) is 5.37 Å². The maximum atomic E-state index is 12.4. The number of rotatable bonds is 4. The zero-order valence-corrected chi connectivity index (χ0v) is 14.3. The van der Waals surface area contributed by atoms with Crippen LogP contribution in [0.2, 0.25) is 0 Å². The number of aromatic hydroxyl groups is 1. The van der Waals surface area contributed by atoms with Gasteiger partial charge in [-0.3, -0.25) is 20.0 Å². The summed E-state index contributed by atoms with van der Waals surface area (Å²) in [5, 5.41) is 10.7. The van der Waals surface area contributed by atoms with Gasteiger partial charge in [-0.2, -0.15) is 0 Å². The first-order chi connectivity index (χ1) is 12.1. The van der Waals surface area contributed by atoms with Gasteiger partial charge in [-0.1, -0.05) is 6.07 Å². The Bertz CT molecular complexity index is 785. The van der Waals surface area contributed by atoms with Gasteiger partial charge in [-0.15, -0.1) is 11.8 Å². The molecule has 1 unspecified atom stereocenters. The van der Waals surface area contributed by atoms with Crippen molar-refractivity contribution >= 4 is 23.6 Å². The first kappa shape index (κ1) is 17.1. The lowest BCUT2D eigenvalue weighted by Gasteiger charge is -2.35. The third-order valence-electron chi connectivity index (χ3n) is 3.75. The summed E-state index contributed by atoms with van der Waals surface area (Å²) in [6.45, 7) is 0. The lowest BCUT2D eigenvalue weighted by atomic mass is 10.2. The van der Waals surface area contributed by atoms with E-state index in [1.165, 1.54) is 42.3 Å². The lowest BCUT2D eigenvalue weighted by Crippen LogP contribution is -2.49. The summed E-state index contributed by atoms with van der Waals surface area (Å²) in [5.41, 5.74) is 3.85. The quantitative estimate of drug-likeness (QED) is 0.869. The van der Waals surface area contributed by atoms with Crippen molar-refractivity contribution in [1.82, 2.24) is 15.4 Å². The van der Waals surface area contributed by atoms with Gasteiger partial charge in [0, 0.05) is 30.1 Å². The Balaban J connectivity index is 1.86. The molecule has 0 aliphatic carbocycles. The van der Waals surface area contributed by atoms with Gasteiger partial charge in [0.25, 0.3) is 5.91 Å². The van der Waals surface area contributed by atoms with Crippen molar-refractivity contribution in [1.29, 1.82) is 0 Å². The molecule has 0 saturated carbocycles. The highest BCUT2D eigenvalue weighted by molar-refractivity contribution is 7.99. The molecule has 2 aromatic rings. The van der Waals surface area contributed by atoms with Crippen LogP contribution in [0.3, 0.4) is 0 Å². The molecule has 2 amide bonds. The molecule has 1 aromatic carbocycles. The highest BCUT2D eigenvalue weighted by Gasteiger charge is 2.32. The normalized spacial score (nSPS) is 17.2. The van der Waals surface area contributed by atoms with Crippen LogP contribution in [-0.2, 0) is 4.79 Å². The van der Waals surface area contributed by atoms with Crippen LogP contribution in [-0.4, -0.2) is 39.8 Å². The number of methoxy groups -OCH3 is 1. The largest absolute Gasteiger partial charge is 0.504 e. The van der Waals surface area contributed by atoms with Crippen LogP contribution in [0.25, 0.3) is 0 Å². The van der Waals surface area contributed by atoms with Crippen molar-refractivity contribution < 1.29 is 19.4 Å². The molecule has 8 heteroatoms. The van der Waals surface area contributed by atoms with E-state index >= 15 is 0 Å². The van der Waals surface area contributed by atoms with Crippen LogP contribution in [0.5, 0.6) is 11.5 Å². The number of hydrazine groups is 1. The van der Waals surface area contributed by atoms with Gasteiger partial charge >= 0.3 is 0 Å². The number of hydrogen-bond donors (Lipinski definition) is 2. The lowest BCUT2D eigenvalue weighted by molar-refractivity contribution is -0.134. The zero-order chi connectivity index (χ0) is 17.8. The number of nitrogens with one attached hydrogen (secondary N) is 1. The molecule has 130 valence electrons. The molecule has 1 aromatic heterocycles. The fraction of sp³-hybridized carbons (Fsp3) is 0.235. The number of carbonyl (C=O) groups is 2. The first-order valence-corrected chi connectivity index (χ1v) is 8.66. The fourth-order valence-electron chi connectivity index (χ4n) is 2.47. The number of thioether (sulfide) groups is 1. The Morgan fingerprint density at radius 1 is 1.36 bits per heavy atom. The predicted molar refractivity (Wildman–Crippen MR) is 93.0 cm³/mol. The van der Waals surface area contributed by atoms with Gasteiger partial charge in [-0.25, -0.2) is 5.01 Å². The van der Waals surface area contributed by atoms with Gasteiger partial charge in [0.2, 0.25) is 5.91 Å². The Morgan fingerprint density at radius 2 is 2.12 bits per heavy atom. The zero-order valence-electron chi connectivity index (χ0n) is 13.5. The van der Waals surface area contributed by atoms with Crippen molar-refractivity contribution in [3.63, 3.8) is 0 Å². The molecule has 0 radical (unpaired) electrons. The number of hydrogen-bond acceptors (Lipinski definition) is 6. The Hall–Kier alpha value is -2.74. The van der Waals surface area contributed by atoms with Crippen molar-refractivity contribution in [2.45, 2.75) is 11.8 Å². The fourth-order valence-corrected chi connectivity index (χ4v) is 3.65. The minimum atomic E-state index is -0.401. The molecule has 0 bridgehead atoms. The average molecular weight is 359 g/mol. The van der Waals surface area contributed by atoms with E-state index in [2.05, 4.69) is 10.4 Å². The SMILES string of the molecule is COc1cc(C2SCCC(=O)N2NC(=O)c2ccncc2)ccc1O.